The molecule has 0 aromatic carbocycles. The summed E-state index contributed by atoms with van der Waals surface area (Å²) in [6, 6.07) is 3.22. The average molecular weight is 225 g/mol. The number of H-pyrrole nitrogens is 1. The number of nitrogens with one attached hydrogen (secondary N) is 1. The van der Waals surface area contributed by atoms with Crippen molar-refractivity contribution in [3.8, 4) is 5.82 Å². The standard InChI is InChI=1S/C9H9ClN4O/c1-2-6-5-8(15)13-14(6)7-3-4-11-9(10)12-7/h3-5H,2H2,1H3,(H,13,15). The van der Waals surface area contributed by atoms with Gasteiger partial charge < -0.3 is 0 Å². The predicted octanol–water partition coefficient (Wildman–Crippen LogP) is 1.17. The van der Waals surface area contributed by atoms with Gasteiger partial charge in [0.1, 0.15) is 0 Å². The van der Waals surface area contributed by atoms with Crippen LogP contribution in [-0.4, -0.2) is 19.7 Å². The lowest BCUT2D eigenvalue weighted by Crippen LogP contribution is -2.07. The highest BCUT2D eigenvalue weighted by molar-refractivity contribution is 6.28. The number of aryl methyl sites for hydroxylation is 1. The summed E-state index contributed by atoms with van der Waals surface area (Å²) in [5.74, 6) is 0.564. The SMILES string of the molecule is CCc1cc(=O)[nH]n1-c1ccnc(Cl)n1. The van der Waals surface area contributed by atoms with Gasteiger partial charge in [-0.05, 0) is 18.0 Å². The quantitative estimate of drug-likeness (QED) is 0.779. The first-order valence-corrected chi connectivity index (χ1v) is 4.88. The minimum Gasteiger partial charge on any atom is -0.268 e. The van der Waals surface area contributed by atoms with E-state index in [4.69, 9.17) is 11.6 Å². The summed E-state index contributed by atoms with van der Waals surface area (Å²) < 4.78 is 1.61. The van der Waals surface area contributed by atoms with Crippen LogP contribution in [0.5, 0.6) is 0 Å². The molecule has 0 spiro atoms. The van der Waals surface area contributed by atoms with Gasteiger partial charge >= 0.3 is 0 Å². The van der Waals surface area contributed by atoms with E-state index in [9.17, 15) is 4.79 Å². The molecule has 1 N–H and O–H groups in total. The van der Waals surface area contributed by atoms with Crippen molar-refractivity contribution in [2.24, 2.45) is 0 Å². The van der Waals surface area contributed by atoms with Crippen LogP contribution >= 0.6 is 11.6 Å². The monoisotopic (exact) mass is 224 g/mol. The molecule has 0 aliphatic rings. The molecule has 15 heavy (non-hydrogen) atoms. The number of aromatic nitrogens is 4. The third-order valence-corrected chi connectivity index (χ3v) is 2.19. The van der Waals surface area contributed by atoms with E-state index in [0.29, 0.717) is 5.82 Å². The molecule has 0 saturated heterocycles. The van der Waals surface area contributed by atoms with Crippen molar-refractivity contribution in [3.63, 3.8) is 0 Å². The molecule has 0 fully saturated rings. The van der Waals surface area contributed by atoms with E-state index in [1.165, 1.54) is 6.07 Å². The Morgan fingerprint density at radius 1 is 1.60 bits per heavy atom. The second-order valence-corrected chi connectivity index (χ2v) is 3.32. The topological polar surface area (TPSA) is 63.6 Å². The van der Waals surface area contributed by atoms with E-state index in [-0.39, 0.29) is 10.8 Å². The van der Waals surface area contributed by atoms with Gasteiger partial charge in [0, 0.05) is 24.0 Å². The number of hydrogen-bond donors (Lipinski definition) is 1. The lowest BCUT2D eigenvalue weighted by atomic mass is 10.3. The molecule has 0 radical (unpaired) electrons. The molecule has 2 aromatic heterocycles. The largest absolute Gasteiger partial charge is 0.268 e. The Morgan fingerprint density at radius 3 is 3.07 bits per heavy atom. The third kappa shape index (κ3) is 1.92. The lowest BCUT2D eigenvalue weighted by molar-refractivity contribution is 0.777. The van der Waals surface area contributed by atoms with Gasteiger partial charge in [-0.25, -0.2) is 9.67 Å². The van der Waals surface area contributed by atoms with Crippen LogP contribution in [0.15, 0.2) is 23.1 Å². The molecule has 5 nitrogen and oxygen atoms in total. The lowest BCUT2D eigenvalue weighted by Gasteiger charge is -2.04. The van der Waals surface area contributed by atoms with E-state index in [2.05, 4.69) is 15.1 Å². The van der Waals surface area contributed by atoms with E-state index in [1.54, 1.807) is 16.9 Å². The normalized spacial score (nSPS) is 10.5. The zero-order valence-electron chi connectivity index (χ0n) is 8.07. The van der Waals surface area contributed by atoms with Crippen LogP contribution in [0.3, 0.4) is 0 Å². The molecule has 6 heteroatoms. The fraction of sp³-hybridized carbons (Fsp3) is 0.222. The molecular formula is C9H9ClN4O. The van der Waals surface area contributed by atoms with E-state index >= 15 is 0 Å². The molecule has 0 bridgehead atoms. The first-order chi connectivity index (χ1) is 7.20. The molecule has 0 saturated carbocycles. The Labute approximate surface area is 90.7 Å². The summed E-state index contributed by atoms with van der Waals surface area (Å²) >= 11 is 5.67. The molecule has 0 aliphatic heterocycles. The van der Waals surface area contributed by atoms with Crippen molar-refractivity contribution in [2.45, 2.75) is 13.3 Å². The maximum atomic E-state index is 11.2. The number of aromatic amines is 1. The van der Waals surface area contributed by atoms with Crippen LogP contribution in [0.2, 0.25) is 5.28 Å². The highest BCUT2D eigenvalue weighted by Crippen LogP contribution is 2.08. The van der Waals surface area contributed by atoms with Crippen molar-refractivity contribution in [1.29, 1.82) is 0 Å². The maximum absolute atomic E-state index is 11.2. The van der Waals surface area contributed by atoms with Gasteiger partial charge in [-0.1, -0.05) is 6.92 Å². The summed E-state index contributed by atoms with van der Waals surface area (Å²) in [5, 5.41) is 2.81. The number of nitrogens with zero attached hydrogens (tertiary/aromatic N) is 3. The second-order valence-electron chi connectivity index (χ2n) is 2.98. The van der Waals surface area contributed by atoms with Crippen molar-refractivity contribution >= 4 is 11.6 Å². The van der Waals surface area contributed by atoms with Crippen LogP contribution < -0.4 is 5.56 Å². The van der Waals surface area contributed by atoms with Crippen molar-refractivity contribution < 1.29 is 0 Å². The smallest absolute Gasteiger partial charge is 0.264 e. The molecule has 2 aromatic rings. The summed E-state index contributed by atoms with van der Waals surface area (Å²) in [6.45, 7) is 1.96. The Morgan fingerprint density at radius 2 is 2.40 bits per heavy atom. The molecular weight excluding hydrogens is 216 g/mol. The Kier molecular flexibility index (Phi) is 2.55. The van der Waals surface area contributed by atoms with Gasteiger partial charge in [0.15, 0.2) is 5.82 Å². The van der Waals surface area contributed by atoms with Crippen LogP contribution in [0.25, 0.3) is 5.82 Å². The highest BCUT2D eigenvalue weighted by Gasteiger charge is 2.06. The van der Waals surface area contributed by atoms with E-state index < -0.39 is 0 Å². The molecule has 0 aliphatic carbocycles. The van der Waals surface area contributed by atoms with E-state index in [1.807, 2.05) is 6.92 Å². The Bertz CT molecular complexity index is 531. The second kappa shape index (κ2) is 3.86. The summed E-state index contributed by atoms with van der Waals surface area (Å²) in [7, 11) is 0. The van der Waals surface area contributed by atoms with Gasteiger partial charge in [-0.2, -0.15) is 4.98 Å². The Hall–Kier alpha value is -1.62. The fourth-order valence-electron chi connectivity index (χ4n) is 1.35. The molecule has 2 heterocycles. The Balaban J connectivity index is 2.57. The third-order valence-electron chi connectivity index (χ3n) is 2.01. The van der Waals surface area contributed by atoms with Gasteiger partial charge in [0.05, 0.1) is 0 Å². The van der Waals surface area contributed by atoms with Gasteiger partial charge in [-0.3, -0.25) is 9.89 Å². The zero-order valence-corrected chi connectivity index (χ0v) is 8.82. The van der Waals surface area contributed by atoms with Crippen molar-refractivity contribution in [1.82, 2.24) is 19.7 Å². The van der Waals surface area contributed by atoms with Crippen molar-refractivity contribution in [3.05, 3.63) is 39.7 Å². The molecule has 0 unspecified atom stereocenters. The van der Waals surface area contributed by atoms with Gasteiger partial charge in [0.2, 0.25) is 5.28 Å². The number of rotatable bonds is 2. The van der Waals surface area contributed by atoms with Crippen LogP contribution in [0.4, 0.5) is 0 Å². The first kappa shape index (κ1) is 9.92. The summed E-state index contributed by atoms with van der Waals surface area (Å²) in [4.78, 5) is 19.0. The minimum absolute atomic E-state index is 0.151. The zero-order chi connectivity index (χ0) is 10.8. The van der Waals surface area contributed by atoms with Crippen LogP contribution in [0, 0.1) is 0 Å². The summed E-state index contributed by atoms with van der Waals surface area (Å²) in [6.07, 6.45) is 2.28. The van der Waals surface area contributed by atoms with E-state index in [0.717, 1.165) is 12.1 Å². The first-order valence-electron chi connectivity index (χ1n) is 4.50. The highest BCUT2D eigenvalue weighted by atomic mass is 35.5. The fourth-order valence-corrected chi connectivity index (χ4v) is 1.49. The molecule has 2 rings (SSSR count). The summed E-state index contributed by atoms with van der Waals surface area (Å²) in [5.41, 5.74) is 0.705. The predicted molar refractivity (Wildman–Crippen MR) is 56.4 cm³/mol. The van der Waals surface area contributed by atoms with Crippen LogP contribution in [-0.2, 0) is 6.42 Å². The number of halogens is 1. The van der Waals surface area contributed by atoms with Gasteiger partial charge in [0.25, 0.3) is 5.56 Å². The molecule has 78 valence electrons. The molecule has 0 atom stereocenters. The maximum Gasteiger partial charge on any atom is 0.264 e. The van der Waals surface area contributed by atoms with Gasteiger partial charge in [-0.15, -0.1) is 0 Å². The minimum atomic E-state index is -0.151. The molecule has 0 amide bonds. The van der Waals surface area contributed by atoms with Crippen LogP contribution in [0.1, 0.15) is 12.6 Å². The number of hydrogen-bond acceptors (Lipinski definition) is 3. The average Bonchev–Trinajstić information content (AvgIpc) is 2.59. The van der Waals surface area contributed by atoms with Crippen molar-refractivity contribution in [2.75, 3.05) is 0 Å².